The van der Waals surface area contributed by atoms with E-state index in [0.717, 1.165) is 29.8 Å². The van der Waals surface area contributed by atoms with Crippen molar-refractivity contribution in [1.29, 1.82) is 0 Å². The Morgan fingerprint density at radius 1 is 1.53 bits per heavy atom. The number of fused-ring (bicyclic) bond motifs is 1. The van der Waals surface area contributed by atoms with Crippen LogP contribution in [0.25, 0.3) is 0 Å². The Hall–Kier alpha value is -0.740. The fourth-order valence-electron chi connectivity index (χ4n) is 2.17. The largest absolute Gasteiger partial charge is 0.489 e. The number of ether oxygens (including phenoxy) is 1. The summed E-state index contributed by atoms with van der Waals surface area (Å²) in [6.45, 7) is 1.85. The normalized spacial score (nSPS) is 18.8. The molecule has 1 aliphatic rings. The van der Waals surface area contributed by atoms with Gasteiger partial charge in [-0.1, -0.05) is 15.9 Å². The summed E-state index contributed by atoms with van der Waals surface area (Å²) in [7, 11) is 4.14. The number of hydrogen-bond acceptors (Lipinski definition) is 3. The number of nitrogens with one attached hydrogen (secondary N) is 1. The monoisotopic (exact) mass is 298 g/mol. The van der Waals surface area contributed by atoms with Crippen molar-refractivity contribution >= 4 is 21.6 Å². The first kappa shape index (κ1) is 12.7. The first-order valence-electron chi connectivity index (χ1n) is 6.02. The van der Waals surface area contributed by atoms with Gasteiger partial charge in [0.2, 0.25) is 0 Å². The van der Waals surface area contributed by atoms with Crippen LogP contribution in [-0.4, -0.2) is 33.3 Å². The van der Waals surface area contributed by atoms with Gasteiger partial charge in [-0.2, -0.15) is 0 Å². The Labute approximate surface area is 111 Å². The number of likely N-dealkylation sites (N-methyl/N-ethyl adjacent to an activating group) is 1. The average molecular weight is 299 g/mol. The Morgan fingerprint density at radius 2 is 2.35 bits per heavy atom. The summed E-state index contributed by atoms with van der Waals surface area (Å²) in [6, 6.07) is 6.65. The van der Waals surface area contributed by atoms with Crippen molar-refractivity contribution in [2.75, 3.05) is 32.1 Å². The molecule has 0 bridgehead atoms. The highest BCUT2D eigenvalue weighted by atomic mass is 79.9. The number of hydrogen-bond donors (Lipinski definition) is 1. The molecule has 0 saturated heterocycles. The standard InChI is InChI=1S/C13H19BrN2O/c1-15-7-3-4-11-9-17-13-6-5-10(14)8-12(13)16(11)2/h5-6,8,11,15H,3-4,7,9H2,1-2H3. The maximum absolute atomic E-state index is 5.81. The first-order valence-corrected chi connectivity index (χ1v) is 6.81. The molecule has 4 heteroatoms. The zero-order valence-electron chi connectivity index (χ0n) is 10.4. The molecule has 1 aromatic rings. The second-order valence-corrected chi connectivity index (χ2v) is 5.35. The van der Waals surface area contributed by atoms with Gasteiger partial charge in [0.05, 0.1) is 11.7 Å². The lowest BCUT2D eigenvalue weighted by Gasteiger charge is -2.36. The maximum atomic E-state index is 5.81. The van der Waals surface area contributed by atoms with Crippen LogP contribution in [0.2, 0.25) is 0 Å². The summed E-state index contributed by atoms with van der Waals surface area (Å²) < 4.78 is 6.91. The van der Waals surface area contributed by atoms with Crippen LogP contribution in [0.5, 0.6) is 5.75 Å². The van der Waals surface area contributed by atoms with Gasteiger partial charge >= 0.3 is 0 Å². The highest BCUT2D eigenvalue weighted by molar-refractivity contribution is 9.10. The van der Waals surface area contributed by atoms with Crippen molar-refractivity contribution < 1.29 is 4.74 Å². The van der Waals surface area contributed by atoms with Crippen LogP contribution in [0.3, 0.4) is 0 Å². The van der Waals surface area contributed by atoms with Crippen LogP contribution in [0, 0.1) is 0 Å². The average Bonchev–Trinajstić information content (AvgIpc) is 2.33. The molecule has 0 saturated carbocycles. The zero-order valence-corrected chi connectivity index (χ0v) is 12.0. The van der Waals surface area contributed by atoms with Gasteiger partial charge in [-0.25, -0.2) is 0 Å². The lowest BCUT2D eigenvalue weighted by Crippen LogP contribution is -2.40. The third kappa shape index (κ3) is 2.93. The van der Waals surface area contributed by atoms with Crippen LogP contribution < -0.4 is 15.0 Å². The summed E-state index contributed by atoms with van der Waals surface area (Å²) in [5.74, 6) is 0.987. The molecule has 1 unspecified atom stereocenters. The molecule has 0 radical (unpaired) electrons. The molecule has 2 rings (SSSR count). The second-order valence-electron chi connectivity index (χ2n) is 4.43. The fraction of sp³-hybridized carbons (Fsp3) is 0.538. The predicted molar refractivity (Wildman–Crippen MR) is 75.0 cm³/mol. The third-order valence-electron chi connectivity index (χ3n) is 3.24. The number of rotatable bonds is 4. The van der Waals surface area contributed by atoms with Crippen LogP contribution in [0.15, 0.2) is 22.7 Å². The van der Waals surface area contributed by atoms with Gasteiger partial charge in [0.15, 0.2) is 0 Å². The van der Waals surface area contributed by atoms with E-state index in [9.17, 15) is 0 Å². The van der Waals surface area contributed by atoms with E-state index in [1.165, 1.54) is 12.1 Å². The summed E-state index contributed by atoms with van der Waals surface area (Å²) >= 11 is 3.51. The number of nitrogens with zero attached hydrogens (tertiary/aromatic N) is 1. The van der Waals surface area contributed by atoms with E-state index < -0.39 is 0 Å². The smallest absolute Gasteiger partial charge is 0.142 e. The molecule has 1 aromatic carbocycles. The summed E-state index contributed by atoms with van der Waals surface area (Å²) in [4.78, 5) is 2.33. The topological polar surface area (TPSA) is 24.5 Å². The van der Waals surface area contributed by atoms with E-state index in [0.29, 0.717) is 6.04 Å². The van der Waals surface area contributed by atoms with Gasteiger partial charge in [-0.05, 0) is 44.6 Å². The molecule has 0 aromatic heterocycles. The van der Waals surface area contributed by atoms with Gasteiger partial charge in [0.1, 0.15) is 12.4 Å². The first-order chi connectivity index (χ1) is 8.22. The molecule has 3 nitrogen and oxygen atoms in total. The summed E-state index contributed by atoms with van der Waals surface area (Å²) in [5.41, 5.74) is 1.18. The van der Waals surface area contributed by atoms with Gasteiger partial charge in [0.25, 0.3) is 0 Å². The third-order valence-corrected chi connectivity index (χ3v) is 3.74. The molecular formula is C13H19BrN2O. The minimum absolute atomic E-state index is 0.477. The second kappa shape index (κ2) is 5.74. The van der Waals surface area contributed by atoms with E-state index in [1.807, 2.05) is 19.2 Å². The Bertz CT molecular complexity index is 384. The van der Waals surface area contributed by atoms with Crippen molar-refractivity contribution in [3.8, 4) is 5.75 Å². The van der Waals surface area contributed by atoms with Gasteiger partial charge in [-0.3, -0.25) is 0 Å². The van der Waals surface area contributed by atoms with E-state index in [1.54, 1.807) is 0 Å². The molecule has 0 spiro atoms. The predicted octanol–water partition coefficient (Wildman–Crippen LogP) is 2.65. The van der Waals surface area contributed by atoms with Crippen LogP contribution in [0.4, 0.5) is 5.69 Å². The quantitative estimate of drug-likeness (QED) is 0.865. The fourth-order valence-corrected chi connectivity index (χ4v) is 2.52. The maximum Gasteiger partial charge on any atom is 0.142 e. The van der Waals surface area contributed by atoms with Crippen molar-refractivity contribution in [2.45, 2.75) is 18.9 Å². The van der Waals surface area contributed by atoms with Gasteiger partial charge < -0.3 is 15.0 Å². The van der Waals surface area contributed by atoms with Crippen molar-refractivity contribution in [1.82, 2.24) is 5.32 Å². The number of anilines is 1. The molecule has 1 N–H and O–H groups in total. The van der Waals surface area contributed by atoms with Crippen LogP contribution in [-0.2, 0) is 0 Å². The number of benzene rings is 1. The van der Waals surface area contributed by atoms with Crippen LogP contribution >= 0.6 is 15.9 Å². The minimum atomic E-state index is 0.477. The Morgan fingerprint density at radius 3 is 3.12 bits per heavy atom. The van der Waals surface area contributed by atoms with Gasteiger partial charge in [-0.15, -0.1) is 0 Å². The van der Waals surface area contributed by atoms with Gasteiger partial charge in [0, 0.05) is 11.5 Å². The minimum Gasteiger partial charge on any atom is -0.489 e. The molecule has 1 heterocycles. The van der Waals surface area contributed by atoms with Crippen molar-refractivity contribution in [2.24, 2.45) is 0 Å². The molecule has 0 aliphatic carbocycles. The van der Waals surface area contributed by atoms with E-state index >= 15 is 0 Å². The molecule has 94 valence electrons. The molecule has 1 aliphatic heterocycles. The Kier molecular flexibility index (Phi) is 4.29. The van der Waals surface area contributed by atoms with E-state index in [4.69, 9.17) is 4.74 Å². The zero-order chi connectivity index (χ0) is 12.3. The molecule has 1 atom stereocenters. The Balaban J connectivity index is 2.06. The lowest BCUT2D eigenvalue weighted by atomic mass is 10.1. The van der Waals surface area contributed by atoms with E-state index in [-0.39, 0.29) is 0 Å². The molecule has 0 amide bonds. The van der Waals surface area contributed by atoms with E-state index in [2.05, 4.69) is 39.3 Å². The molecule has 17 heavy (non-hydrogen) atoms. The molecular weight excluding hydrogens is 280 g/mol. The lowest BCUT2D eigenvalue weighted by molar-refractivity contribution is 0.258. The summed E-state index contributed by atoms with van der Waals surface area (Å²) in [6.07, 6.45) is 2.33. The summed E-state index contributed by atoms with van der Waals surface area (Å²) in [5, 5.41) is 3.18. The van der Waals surface area contributed by atoms with Crippen molar-refractivity contribution in [3.63, 3.8) is 0 Å². The highest BCUT2D eigenvalue weighted by Crippen LogP contribution is 2.35. The number of halogens is 1. The highest BCUT2D eigenvalue weighted by Gasteiger charge is 2.24. The van der Waals surface area contributed by atoms with Crippen molar-refractivity contribution in [3.05, 3.63) is 22.7 Å². The van der Waals surface area contributed by atoms with Crippen LogP contribution in [0.1, 0.15) is 12.8 Å². The molecule has 0 fully saturated rings. The SMILES string of the molecule is CNCCCC1COc2ccc(Br)cc2N1C.